The Morgan fingerprint density at radius 3 is 3.11 bits per heavy atom. The lowest BCUT2D eigenvalue weighted by molar-refractivity contribution is -0.131. The highest BCUT2D eigenvalue weighted by Gasteiger charge is 2.20. The van der Waals surface area contributed by atoms with E-state index in [2.05, 4.69) is 23.2 Å². The van der Waals surface area contributed by atoms with Crippen molar-refractivity contribution in [2.75, 3.05) is 26.2 Å². The van der Waals surface area contributed by atoms with Crippen LogP contribution in [0.5, 0.6) is 0 Å². The first-order valence-electron chi connectivity index (χ1n) is 7.30. The van der Waals surface area contributed by atoms with Crippen molar-refractivity contribution >= 4 is 17.2 Å². The van der Waals surface area contributed by atoms with Gasteiger partial charge in [0.1, 0.15) is 0 Å². The van der Waals surface area contributed by atoms with Crippen molar-refractivity contribution in [3.63, 3.8) is 0 Å². The zero-order valence-electron chi connectivity index (χ0n) is 11.7. The normalized spacial score (nSPS) is 19.3. The Bertz CT molecular complexity index is 372. The highest BCUT2D eigenvalue weighted by atomic mass is 32.1. The summed E-state index contributed by atoms with van der Waals surface area (Å²) in [5, 5.41) is 5.47. The first-order chi connectivity index (χ1) is 9.29. The van der Waals surface area contributed by atoms with Crippen molar-refractivity contribution in [3.05, 3.63) is 22.4 Å². The van der Waals surface area contributed by atoms with Crippen LogP contribution in [0.25, 0.3) is 0 Å². The van der Waals surface area contributed by atoms with Crippen LogP contribution in [0.3, 0.4) is 0 Å². The number of nitrogens with one attached hydrogen (secondary N) is 1. The SMILES string of the molecule is CCCN(CC1CCCNC1)C(=O)Cc1cccs1. The van der Waals surface area contributed by atoms with Gasteiger partial charge in [0.05, 0.1) is 6.42 Å². The van der Waals surface area contributed by atoms with Gasteiger partial charge in [0.25, 0.3) is 0 Å². The Morgan fingerprint density at radius 2 is 2.47 bits per heavy atom. The molecule has 0 saturated carbocycles. The van der Waals surface area contributed by atoms with E-state index in [0.717, 1.165) is 32.6 Å². The molecule has 0 aliphatic carbocycles. The van der Waals surface area contributed by atoms with E-state index in [-0.39, 0.29) is 5.91 Å². The molecule has 4 heteroatoms. The molecule has 2 rings (SSSR count). The molecule has 1 aliphatic heterocycles. The summed E-state index contributed by atoms with van der Waals surface area (Å²) in [6, 6.07) is 4.07. The van der Waals surface area contributed by atoms with E-state index in [0.29, 0.717) is 12.3 Å². The number of hydrogen-bond acceptors (Lipinski definition) is 3. The molecule has 3 nitrogen and oxygen atoms in total. The number of thiophene rings is 1. The fraction of sp³-hybridized carbons (Fsp3) is 0.667. The lowest BCUT2D eigenvalue weighted by Gasteiger charge is -2.30. The third kappa shape index (κ3) is 4.62. The largest absolute Gasteiger partial charge is 0.342 e. The van der Waals surface area contributed by atoms with Gasteiger partial charge in [-0.1, -0.05) is 13.0 Å². The van der Waals surface area contributed by atoms with Gasteiger partial charge in [0.15, 0.2) is 0 Å². The fourth-order valence-corrected chi connectivity index (χ4v) is 3.35. The van der Waals surface area contributed by atoms with Crippen LogP contribution in [-0.2, 0) is 11.2 Å². The maximum Gasteiger partial charge on any atom is 0.227 e. The number of carbonyl (C=O) groups excluding carboxylic acids is 1. The Hall–Kier alpha value is -0.870. The Labute approximate surface area is 120 Å². The minimum Gasteiger partial charge on any atom is -0.342 e. The second kappa shape index (κ2) is 7.65. The molecule has 0 radical (unpaired) electrons. The fourth-order valence-electron chi connectivity index (χ4n) is 2.65. The average molecular weight is 280 g/mol. The first-order valence-corrected chi connectivity index (χ1v) is 8.18. The molecule has 1 fully saturated rings. The van der Waals surface area contributed by atoms with E-state index in [1.807, 2.05) is 11.4 Å². The van der Waals surface area contributed by atoms with Crippen molar-refractivity contribution in [1.82, 2.24) is 10.2 Å². The summed E-state index contributed by atoms with van der Waals surface area (Å²) in [5.74, 6) is 0.919. The van der Waals surface area contributed by atoms with E-state index in [1.54, 1.807) is 11.3 Å². The van der Waals surface area contributed by atoms with Gasteiger partial charge in [-0.15, -0.1) is 11.3 Å². The summed E-state index contributed by atoms with van der Waals surface area (Å²) in [6.45, 7) is 6.15. The van der Waals surface area contributed by atoms with E-state index in [1.165, 1.54) is 17.7 Å². The number of nitrogens with zero attached hydrogens (tertiary/aromatic N) is 1. The molecule has 0 spiro atoms. The average Bonchev–Trinajstić information content (AvgIpc) is 2.92. The Kier molecular flexibility index (Phi) is 5.86. The van der Waals surface area contributed by atoms with Crippen molar-refractivity contribution in [1.29, 1.82) is 0 Å². The van der Waals surface area contributed by atoms with Gasteiger partial charge in [-0.2, -0.15) is 0 Å². The molecule has 1 aliphatic rings. The molecular formula is C15H24N2OS. The summed E-state index contributed by atoms with van der Waals surface area (Å²) < 4.78 is 0. The number of hydrogen-bond donors (Lipinski definition) is 1. The summed E-state index contributed by atoms with van der Waals surface area (Å²) in [6.07, 6.45) is 4.09. The van der Waals surface area contributed by atoms with Crippen LogP contribution >= 0.6 is 11.3 Å². The molecule has 106 valence electrons. The zero-order valence-corrected chi connectivity index (χ0v) is 12.5. The second-order valence-corrected chi connectivity index (χ2v) is 6.34. The molecule has 1 aromatic rings. The van der Waals surface area contributed by atoms with Gasteiger partial charge in [0.2, 0.25) is 5.91 Å². The molecule has 1 N–H and O–H groups in total. The maximum atomic E-state index is 12.4. The number of piperidine rings is 1. The minimum absolute atomic E-state index is 0.287. The van der Waals surface area contributed by atoms with Gasteiger partial charge in [0, 0.05) is 18.0 Å². The smallest absolute Gasteiger partial charge is 0.227 e. The van der Waals surface area contributed by atoms with Crippen LogP contribution in [0.1, 0.15) is 31.1 Å². The van der Waals surface area contributed by atoms with Gasteiger partial charge in [-0.05, 0) is 49.7 Å². The highest BCUT2D eigenvalue weighted by molar-refractivity contribution is 7.10. The van der Waals surface area contributed by atoms with Crippen LogP contribution in [0.4, 0.5) is 0 Å². The van der Waals surface area contributed by atoms with Crippen molar-refractivity contribution in [2.24, 2.45) is 5.92 Å². The van der Waals surface area contributed by atoms with Crippen LogP contribution in [0.2, 0.25) is 0 Å². The standard InChI is InChI=1S/C15H24N2OS/c1-2-8-17(12-13-5-3-7-16-11-13)15(18)10-14-6-4-9-19-14/h4,6,9,13,16H,2-3,5,7-8,10-12H2,1H3. The molecule has 2 heterocycles. The maximum absolute atomic E-state index is 12.4. The van der Waals surface area contributed by atoms with E-state index >= 15 is 0 Å². The first kappa shape index (κ1) is 14.5. The lowest BCUT2D eigenvalue weighted by Crippen LogP contribution is -2.41. The summed E-state index contributed by atoms with van der Waals surface area (Å²) in [7, 11) is 0. The molecule has 1 saturated heterocycles. The highest BCUT2D eigenvalue weighted by Crippen LogP contribution is 2.15. The van der Waals surface area contributed by atoms with E-state index in [9.17, 15) is 4.79 Å². The number of rotatable bonds is 6. The molecule has 1 amide bonds. The summed E-state index contributed by atoms with van der Waals surface area (Å²) >= 11 is 1.67. The zero-order chi connectivity index (χ0) is 13.5. The van der Waals surface area contributed by atoms with Crippen LogP contribution < -0.4 is 5.32 Å². The quantitative estimate of drug-likeness (QED) is 0.868. The third-order valence-corrected chi connectivity index (χ3v) is 4.51. The molecule has 1 atom stereocenters. The van der Waals surface area contributed by atoms with Gasteiger partial charge in [-0.3, -0.25) is 4.79 Å². The predicted octanol–water partition coefficient (Wildman–Crippen LogP) is 2.53. The summed E-state index contributed by atoms with van der Waals surface area (Å²) in [5.41, 5.74) is 0. The van der Waals surface area contributed by atoms with Crippen molar-refractivity contribution in [3.8, 4) is 0 Å². The van der Waals surface area contributed by atoms with E-state index in [4.69, 9.17) is 0 Å². The Morgan fingerprint density at radius 1 is 1.58 bits per heavy atom. The van der Waals surface area contributed by atoms with Crippen molar-refractivity contribution < 1.29 is 4.79 Å². The topological polar surface area (TPSA) is 32.3 Å². The van der Waals surface area contributed by atoms with Crippen LogP contribution in [-0.4, -0.2) is 37.0 Å². The minimum atomic E-state index is 0.287. The van der Waals surface area contributed by atoms with Gasteiger partial charge < -0.3 is 10.2 Å². The molecule has 1 aromatic heterocycles. The molecule has 0 bridgehead atoms. The van der Waals surface area contributed by atoms with Gasteiger partial charge in [-0.25, -0.2) is 0 Å². The monoisotopic (exact) mass is 280 g/mol. The van der Waals surface area contributed by atoms with Crippen LogP contribution in [0, 0.1) is 5.92 Å². The molecule has 19 heavy (non-hydrogen) atoms. The lowest BCUT2D eigenvalue weighted by atomic mass is 9.99. The third-order valence-electron chi connectivity index (χ3n) is 3.63. The summed E-state index contributed by atoms with van der Waals surface area (Å²) in [4.78, 5) is 15.6. The van der Waals surface area contributed by atoms with Crippen LogP contribution in [0.15, 0.2) is 17.5 Å². The Balaban J connectivity index is 1.88. The number of carbonyl (C=O) groups is 1. The molecule has 1 unspecified atom stereocenters. The number of amides is 1. The van der Waals surface area contributed by atoms with Crippen molar-refractivity contribution in [2.45, 2.75) is 32.6 Å². The molecule has 0 aromatic carbocycles. The van der Waals surface area contributed by atoms with Gasteiger partial charge >= 0.3 is 0 Å². The second-order valence-electron chi connectivity index (χ2n) is 5.31. The van der Waals surface area contributed by atoms with E-state index < -0.39 is 0 Å². The molecular weight excluding hydrogens is 256 g/mol. The predicted molar refractivity (Wildman–Crippen MR) is 80.5 cm³/mol.